The van der Waals surface area contributed by atoms with E-state index in [0.29, 0.717) is 12.3 Å². The summed E-state index contributed by atoms with van der Waals surface area (Å²) in [7, 11) is 3.26. The molecule has 4 N–H and O–H groups in total. The lowest BCUT2D eigenvalue weighted by atomic mass is 9.89. The van der Waals surface area contributed by atoms with Crippen LogP contribution in [-0.2, 0) is 0 Å². The first-order valence-corrected chi connectivity index (χ1v) is 6.27. The van der Waals surface area contributed by atoms with Gasteiger partial charge >= 0.3 is 0 Å². The van der Waals surface area contributed by atoms with E-state index in [9.17, 15) is 0 Å². The van der Waals surface area contributed by atoms with Crippen LogP contribution in [0.2, 0.25) is 0 Å². The molecule has 0 saturated carbocycles. The van der Waals surface area contributed by atoms with Crippen LogP contribution in [0.5, 0.6) is 11.5 Å². The third-order valence-electron chi connectivity index (χ3n) is 3.47. The maximum atomic E-state index is 6.30. The minimum absolute atomic E-state index is 0.0696. The number of nitrogens with two attached hydrogens (primary N) is 2. The molecule has 0 bridgehead atoms. The Labute approximate surface area is 109 Å². The Bertz CT molecular complexity index is 390. The first-order chi connectivity index (χ1) is 8.58. The molecule has 0 radical (unpaired) electrons. The monoisotopic (exact) mass is 252 g/mol. The average molecular weight is 252 g/mol. The topological polar surface area (TPSA) is 70.5 Å². The zero-order chi connectivity index (χ0) is 13.7. The molecular formula is C14H24N2O2. The van der Waals surface area contributed by atoms with Gasteiger partial charge in [-0.3, -0.25) is 0 Å². The first-order valence-electron chi connectivity index (χ1n) is 6.27. The molecule has 18 heavy (non-hydrogen) atoms. The van der Waals surface area contributed by atoms with Crippen LogP contribution in [-0.4, -0.2) is 20.8 Å². The van der Waals surface area contributed by atoms with Crippen molar-refractivity contribution in [2.75, 3.05) is 20.8 Å². The van der Waals surface area contributed by atoms with Crippen molar-refractivity contribution in [2.45, 2.75) is 26.3 Å². The fourth-order valence-corrected chi connectivity index (χ4v) is 2.18. The molecule has 4 nitrogen and oxygen atoms in total. The second-order valence-corrected chi connectivity index (χ2v) is 4.49. The Morgan fingerprint density at radius 3 is 2.17 bits per heavy atom. The maximum absolute atomic E-state index is 6.30. The molecular weight excluding hydrogens is 228 g/mol. The van der Waals surface area contributed by atoms with Gasteiger partial charge in [0.1, 0.15) is 0 Å². The van der Waals surface area contributed by atoms with E-state index < -0.39 is 0 Å². The largest absolute Gasteiger partial charge is 0.493 e. The molecule has 1 aromatic rings. The van der Waals surface area contributed by atoms with Gasteiger partial charge < -0.3 is 20.9 Å². The molecule has 2 atom stereocenters. The highest BCUT2D eigenvalue weighted by Gasteiger charge is 2.20. The summed E-state index contributed by atoms with van der Waals surface area (Å²) < 4.78 is 10.6. The summed E-state index contributed by atoms with van der Waals surface area (Å²) in [5, 5.41) is 0. The van der Waals surface area contributed by atoms with Gasteiger partial charge in [-0.25, -0.2) is 0 Å². The Morgan fingerprint density at radius 1 is 1.17 bits per heavy atom. The van der Waals surface area contributed by atoms with Crippen LogP contribution in [0.3, 0.4) is 0 Å². The van der Waals surface area contributed by atoms with Gasteiger partial charge in [-0.15, -0.1) is 0 Å². The van der Waals surface area contributed by atoms with Gasteiger partial charge in [-0.05, 0) is 42.6 Å². The lowest BCUT2D eigenvalue weighted by Crippen LogP contribution is -2.28. The lowest BCUT2D eigenvalue weighted by Gasteiger charge is -2.24. The Kier molecular flexibility index (Phi) is 5.44. The van der Waals surface area contributed by atoms with E-state index in [2.05, 4.69) is 6.92 Å². The van der Waals surface area contributed by atoms with Crippen LogP contribution in [0.25, 0.3) is 0 Å². The van der Waals surface area contributed by atoms with Crippen molar-refractivity contribution >= 4 is 0 Å². The van der Waals surface area contributed by atoms with Crippen LogP contribution < -0.4 is 20.9 Å². The molecule has 0 saturated heterocycles. The normalized spacial score (nSPS) is 14.1. The van der Waals surface area contributed by atoms with E-state index >= 15 is 0 Å². The average Bonchev–Trinajstić information content (AvgIpc) is 2.39. The summed E-state index contributed by atoms with van der Waals surface area (Å²) in [5.41, 5.74) is 14.2. The van der Waals surface area contributed by atoms with Crippen molar-refractivity contribution in [1.82, 2.24) is 0 Å². The summed E-state index contributed by atoms with van der Waals surface area (Å²) in [4.78, 5) is 0. The van der Waals surface area contributed by atoms with Crippen molar-refractivity contribution in [3.05, 3.63) is 23.3 Å². The highest BCUT2D eigenvalue weighted by atomic mass is 16.5. The standard InChI is InChI=1S/C14H24N2O2/c1-5-10(8-15)14(16)11-7-13(18-4)12(17-3)6-9(11)2/h6-7,10,14H,5,8,15-16H2,1-4H3. The van der Waals surface area contributed by atoms with Gasteiger partial charge in [-0.2, -0.15) is 0 Å². The Hall–Kier alpha value is -1.26. The SMILES string of the molecule is CCC(CN)C(N)c1cc(OC)c(OC)cc1C. The second-order valence-electron chi connectivity index (χ2n) is 4.49. The molecule has 102 valence electrons. The molecule has 0 aliphatic carbocycles. The summed E-state index contributed by atoms with van der Waals surface area (Å²) in [6.07, 6.45) is 0.964. The zero-order valence-corrected chi connectivity index (χ0v) is 11.7. The number of rotatable bonds is 6. The van der Waals surface area contributed by atoms with Crippen LogP contribution in [0.15, 0.2) is 12.1 Å². The molecule has 0 aliphatic heterocycles. The molecule has 2 unspecified atom stereocenters. The van der Waals surface area contributed by atoms with Crippen molar-refractivity contribution in [3.8, 4) is 11.5 Å². The molecule has 0 spiro atoms. The number of aryl methyl sites for hydroxylation is 1. The number of ether oxygens (including phenoxy) is 2. The van der Waals surface area contributed by atoms with Gasteiger partial charge in [0, 0.05) is 6.04 Å². The quantitative estimate of drug-likeness (QED) is 0.812. The van der Waals surface area contributed by atoms with Crippen molar-refractivity contribution < 1.29 is 9.47 Å². The van der Waals surface area contributed by atoms with Crippen molar-refractivity contribution in [2.24, 2.45) is 17.4 Å². The summed E-state index contributed by atoms with van der Waals surface area (Å²) >= 11 is 0. The molecule has 0 aliphatic rings. The number of hydrogen-bond donors (Lipinski definition) is 2. The van der Waals surface area contributed by atoms with E-state index in [1.165, 1.54) is 0 Å². The first kappa shape index (κ1) is 14.8. The van der Waals surface area contributed by atoms with E-state index in [4.69, 9.17) is 20.9 Å². The van der Waals surface area contributed by atoms with Crippen LogP contribution in [0, 0.1) is 12.8 Å². The molecule has 1 rings (SSSR count). The predicted octanol–water partition coefficient (Wildman–Crippen LogP) is 2.00. The molecule has 0 heterocycles. The highest BCUT2D eigenvalue weighted by Crippen LogP contribution is 2.34. The molecule has 1 aromatic carbocycles. The summed E-state index contributed by atoms with van der Waals surface area (Å²) in [6.45, 7) is 4.72. The number of benzene rings is 1. The van der Waals surface area contributed by atoms with Gasteiger partial charge in [0.2, 0.25) is 0 Å². The van der Waals surface area contributed by atoms with E-state index in [1.54, 1.807) is 14.2 Å². The zero-order valence-electron chi connectivity index (χ0n) is 11.7. The van der Waals surface area contributed by atoms with Crippen molar-refractivity contribution in [3.63, 3.8) is 0 Å². The number of methoxy groups -OCH3 is 2. The van der Waals surface area contributed by atoms with Crippen molar-refractivity contribution in [1.29, 1.82) is 0 Å². The van der Waals surface area contributed by atoms with Crippen LogP contribution >= 0.6 is 0 Å². The number of hydrogen-bond acceptors (Lipinski definition) is 4. The maximum Gasteiger partial charge on any atom is 0.161 e. The molecule has 0 aromatic heterocycles. The molecule has 4 heteroatoms. The van der Waals surface area contributed by atoms with Gasteiger partial charge in [0.15, 0.2) is 11.5 Å². The third kappa shape index (κ3) is 2.94. The van der Waals surface area contributed by atoms with Crippen LogP contribution in [0.4, 0.5) is 0 Å². The van der Waals surface area contributed by atoms with Gasteiger partial charge in [0.05, 0.1) is 14.2 Å². The smallest absolute Gasteiger partial charge is 0.161 e. The molecule has 0 amide bonds. The van der Waals surface area contributed by atoms with Gasteiger partial charge in [0.25, 0.3) is 0 Å². The van der Waals surface area contributed by atoms with Crippen LogP contribution in [0.1, 0.15) is 30.5 Å². The highest BCUT2D eigenvalue weighted by molar-refractivity contribution is 5.48. The summed E-state index contributed by atoms with van der Waals surface area (Å²) in [5.74, 6) is 1.72. The fraction of sp³-hybridized carbons (Fsp3) is 0.571. The van der Waals surface area contributed by atoms with E-state index in [1.807, 2.05) is 19.1 Å². The predicted molar refractivity (Wildman–Crippen MR) is 74.0 cm³/mol. The Morgan fingerprint density at radius 2 is 1.72 bits per heavy atom. The Balaban J connectivity index is 3.16. The van der Waals surface area contributed by atoms with E-state index in [0.717, 1.165) is 23.3 Å². The second kappa shape index (κ2) is 6.61. The fourth-order valence-electron chi connectivity index (χ4n) is 2.18. The lowest BCUT2D eigenvalue weighted by molar-refractivity contribution is 0.352. The van der Waals surface area contributed by atoms with E-state index in [-0.39, 0.29) is 12.0 Å². The molecule has 0 fully saturated rings. The van der Waals surface area contributed by atoms with Gasteiger partial charge in [-0.1, -0.05) is 13.3 Å². The third-order valence-corrected chi connectivity index (χ3v) is 3.47. The summed E-state index contributed by atoms with van der Waals surface area (Å²) in [6, 6.07) is 3.84. The minimum Gasteiger partial charge on any atom is -0.493 e. The minimum atomic E-state index is -0.0696.